The number of rotatable bonds is 2. The van der Waals surface area contributed by atoms with Crippen LogP contribution in [0.4, 0.5) is 9.59 Å². The minimum absolute atomic E-state index is 1.12. The third-order valence-corrected chi connectivity index (χ3v) is 4.03. The Balaban J connectivity index is -0.000000483. The average Bonchev–Trinajstić information content (AvgIpc) is 2.49. The van der Waals surface area contributed by atoms with E-state index in [1.54, 1.807) is 0 Å². The third kappa shape index (κ3) is 31.6. The van der Waals surface area contributed by atoms with Crippen molar-refractivity contribution >= 4 is 116 Å². The first-order valence-electron chi connectivity index (χ1n) is 9.76. The molecular formula is C14H21Cl9O6. The number of carbonyl (C=O) groups excluding carboxylic acids is 2. The van der Waals surface area contributed by atoms with Crippen LogP contribution < -0.4 is 0 Å². The number of alkyl halides is 8. The van der Waals surface area contributed by atoms with Crippen LogP contribution in [0.25, 0.3) is 0 Å². The molecule has 176 valence electrons. The van der Waals surface area contributed by atoms with Crippen LogP contribution in [0.2, 0.25) is 0 Å². The van der Waals surface area contributed by atoms with Crippen LogP contribution in [0.3, 0.4) is 0 Å². The minimum atomic E-state index is -2.52. The molecule has 0 aliphatic heterocycles. The largest absolute Gasteiger partial charge is 0.510 e. The van der Waals surface area contributed by atoms with Crippen LogP contribution in [0.1, 0.15) is 49.6 Å². The van der Waals surface area contributed by atoms with Crippen molar-refractivity contribution in [2.45, 2.75) is 71.3 Å². The summed E-state index contributed by atoms with van der Waals surface area (Å²) in [6.07, 6.45) is -1.34. The molecule has 29 heavy (non-hydrogen) atoms. The fourth-order valence-electron chi connectivity index (χ4n) is 0.532. The first kappa shape index (κ1) is 23.5. The molecule has 0 aromatic carbocycles. The Morgan fingerprint density at radius 2 is 1.21 bits per heavy atom. The van der Waals surface area contributed by atoms with Crippen molar-refractivity contribution in [2.24, 2.45) is 0 Å². The zero-order chi connectivity index (χ0) is 29.4. The van der Waals surface area contributed by atoms with Gasteiger partial charge in [0, 0.05) is 19.8 Å². The standard InChI is InChI=1S/C7H10Cl4O3.C4H10O.C3HCl5O2/c1-6(2,3)14-5(12)13-4(8)7(9,10)11;1-4(2,3)5;4-1(3(6,7)8)10-2(5)9/h4H,1-3H3;5H,1-3H3;1H/i2*1D3;. The molecule has 0 bridgehead atoms. The van der Waals surface area contributed by atoms with Crippen molar-refractivity contribution < 1.29 is 37.1 Å². The predicted octanol–water partition coefficient (Wildman–Crippen LogP) is 7.95. The second-order valence-electron chi connectivity index (χ2n) is 5.61. The van der Waals surface area contributed by atoms with Gasteiger partial charge >= 0.3 is 11.6 Å². The maximum Gasteiger partial charge on any atom is 0.510 e. The van der Waals surface area contributed by atoms with Gasteiger partial charge in [-0.15, -0.1) is 0 Å². The van der Waals surface area contributed by atoms with Crippen LogP contribution in [-0.4, -0.2) is 46.6 Å². The molecule has 0 radical (unpaired) electrons. The van der Waals surface area contributed by atoms with E-state index in [1.165, 1.54) is 27.7 Å². The van der Waals surface area contributed by atoms with Gasteiger partial charge in [-0.3, -0.25) is 0 Å². The Kier molecular flexibility index (Phi) is 11.7. The molecule has 0 aliphatic rings. The first-order chi connectivity index (χ1) is 14.9. The SMILES string of the molecule is O=C(Cl)OC(Cl)C(Cl)(Cl)Cl.[2H]C([2H])([2H])C(C)(C)O.[2H]C([2H])([2H])C(C)(C)OC(=O)OC(Cl)C(Cl)(Cl)Cl. The lowest BCUT2D eigenvalue weighted by molar-refractivity contribution is -0.0126. The van der Waals surface area contributed by atoms with Crippen LogP contribution >= 0.6 is 104 Å². The van der Waals surface area contributed by atoms with Crippen LogP contribution in [0.15, 0.2) is 0 Å². The molecule has 0 aromatic heterocycles. The lowest BCUT2D eigenvalue weighted by Gasteiger charge is -2.22. The number of halogens is 9. The molecule has 0 aromatic rings. The summed E-state index contributed by atoms with van der Waals surface area (Å²) in [6.45, 7) is 0.139. The second kappa shape index (κ2) is 14.5. The summed E-state index contributed by atoms with van der Waals surface area (Å²) in [6, 6.07) is 0. The Morgan fingerprint density at radius 3 is 1.41 bits per heavy atom. The monoisotopic (exact) mass is 606 g/mol. The maximum absolute atomic E-state index is 11.2. The summed E-state index contributed by atoms with van der Waals surface area (Å²) >= 11 is 47.0. The Bertz CT molecular complexity index is 660. The number of hydrogen-bond donors (Lipinski definition) is 1. The van der Waals surface area contributed by atoms with Crippen molar-refractivity contribution in [3.63, 3.8) is 0 Å². The molecule has 0 fully saturated rings. The van der Waals surface area contributed by atoms with Crippen molar-refractivity contribution in [2.75, 3.05) is 0 Å². The maximum atomic E-state index is 11.2. The molecule has 0 rings (SSSR count). The van der Waals surface area contributed by atoms with Gasteiger partial charge < -0.3 is 19.3 Å². The highest BCUT2D eigenvalue weighted by atomic mass is 35.6. The van der Waals surface area contributed by atoms with Crippen molar-refractivity contribution in [1.82, 2.24) is 0 Å². The summed E-state index contributed by atoms with van der Waals surface area (Å²) in [5.41, 5.74) is -7.39. The lowest BCUT2D eigenvalue weighted by Crippen LogP contribution is -2.30. The summed E-state index contributed by atoms with van der Waals surface area (Å²) in [7, 11) is 0. The molecule has 2 atom stereocenters. The van der Waals surface area contributed by atoms with E-state index in [0.29, 0.717) is 0 Å². The second-order valence-corrected chi connectivity index (χ2v) is 11.4. The fourth-order valence-corrected chi connectivity index (χ4v) is 1.09. The summed E-state index contributed by atoms with van der Waals surface area (Å²) in [5.74, 6) is 0. The van der Waals surface area contributed by atoms with Gasteiger partial charge in [0.05, 0.1) is 5.60 Å². The van der Waals surface area contributed by atoms with Gasteiger partial charge in [-0.1, -0.05) is 92.8 Å². The van der Waals surface area contributed by atoms with Gasteiger partial charge in [0.1, 0.15) is 5.60 Å². The molecule has 0 spiro atoms. The van der Waals surface area contributed by atoms with Crippen molar-refractivity contribution in [3.8, 4) is 0 Å². The molecule has 0 aliphatic carbocycles. The molecule has 0 saturated carbocycles. The number of carbonyl (C=O) groups is 2. The molecule has 15 heteroatoms. The highest BCUT2D eigenvalue weighted by Gasteiger charge is 2.35. The van der Waals surface area contributed by atoms with Gasteiger partial charge in [-0.05, 0) is 41.4 Å². The topological polar surface area (TPSA) is 82.1 Å². The number of aliphatic hydroxyl groups is 1. The summed E-state index contributed by atoms with van der Waals surface area (Å²) < 4.78 is 50.6. The molecule has 2 unspecified atom stereocenters. The molecule has 0 saturated heterocycles. The van der Waals surface area contributed by atoms with E-state index < -0.39 is 55.2 Å². The molecule has 1 N–H and O–H groups in total. The van der Waals surface area contributed by atoms with E-state index in [1.807, 2.05) is 0 Å². The third-order valence-electron chi connectivity index (χ3n) is 1.25. The highest BCUT2D eigenvalue weighted by Crippen LogP contribution is 2.35. The van der Waals surface area contributed by atoms with E-state index in [-0.39, 0.29) is 0 Å². The Morgan fingerprint density at radius 1 is 0.862 bits per heavy atom. The van der Waals surface area contributed by atoms with E-state index in [4.69, 9.17) is 118 Å². The number of hydrogen-bond acceptors (Lipinski definition) is 6. The van der Waals surface area contributed by atoms with Crippen LogP contribution in [0, 0.1) is 0 Å². The average molecular weight is 610 g/mol. The number of ether oxygens (including phenoxy) is 3. The quantitative estimate of drug-likeness (QED) is 0.194. The molecular weight excluding hydrogens is 583 g/mol. The smallest absolute Gasteiger partial charge is 0.429 e. The van der Waals surface area contributed by atoms with Gasteiger partial charge in [0.25, 0.3) is 0 Å². The zero-order valence-corrected chi connectivity index (χ0v) is 21.8. The lowest BCUT2D eigenvalue weighted by atomic mass is 10.2. The summed E-state index contributed by atoms with van der Waals surface area (Å²) in [4.78, 5) is 21.2. The van der Waals surface area contributed by atoms with Crippen molar-refractivity contribution in [1.29, 1.82) is 0 Å². The molecule has 0 amide bonds. The molecule has 6 nitrogen and oxygen atoms in total. The van der Waals surface area contributed by atoms with Crippen LogP contribution in [-0.2, 0) is 14.2 Å². The van der Waals surface area contributed by atoms with E-state index in [0.717, 1.165) is 0 Å². The first-order valence-corrected chi connectivity index (χ1v) is 10.3. The van der Waals surface area contributed by atoms with Crippen LogP contribution in [0.5, 0.6) is 0 Å². The minimum Gasteiger partial charge on any atom is -0.429 e. The summed E-state index contributed by atoms with van der Waals surface area (Å²) in [5, 5.41) is 8.79. The van der Waals surface area contributed by atoms with Gasteiger partial charge in [0.15, 0.2) is 0 Å². The zero-order valence-electron chi connectivity index (χ0n) is 21.0. The highest BCUT2D eigenvalue weighted by molar-refractivity contribution is 6.70. The Hall–Kier alpha value is 1.31. The van der Waals surface area contributed by atoms with Gasteiger partial charge in [-0.25, -0.2) is 9.59 Å². The molecule has 0 heterocycles. The Labute approximate surface area is 223 Å². The van der Waals surface area contributed by atoms with Gasteiger partial charge in [0.2, 0.25) is 18.7 Å². The van der Waals surface area contributed by atoms with E-state index in [9.17, 15) is 9.59 Å². The fraction of sp³-hybridized carbons (Fsp3) is 0.857. The van der Waals surface area contributed by atoms with Gasteiger partial charge in [-0.2, -0.15) is 0 Å². The van der Waals surface area contributed by atoms with Crippen molar-refractivity contribution in [3.05, 3.63) is 0 Å². The van der Waals surface area contributed by atoms with E-state index >= 15 is 0 Å². The predicted molar refractivity (Wildman–Crippen MR) is 121 cm³/mol. The van der Waals surface area contributed by atoms with E-state index in [2.05, 4.69) is 14.2 Å². The normalized spacial score (nSPS) is 18.1.